The van der Waals surface area contributed by atoms with Crippen LogP contribution in [0.3, 0.4) is 0 Å². The first-order valence-corrected chi connectivity index (χ1v) is 8.26. The van der Waals surface area contributed by atoms with Gasteiger partial charge < -0.3 is 5.32 Å². The van der Waals surface area contributed by atoms with Crippen LogP contribution in [0.2, 0.25) is 0 Å². The van der Waals surface area contributed by atoms with Crippen LogP contribution < -0.4 is 10.2 Å². The third-order valence-corrected chi connectivity index (χ3v) is 4.01. The number of rotatable bonds is 5. The van der Waals surface area contributed by atoms with E-state index in [-0.39, 0.29) is 6.03 Å². The van der Waals surface area contributed by atoms with Gasteiger partial charge in [0, 0.05) is 23.2 Å². The Labute approximate surface area is 140 Å². The summed E-state index contributed by atoms with van der Waals surface area (Å²) in [7, 11) is 0. The van der Waals surface area contributed by atoms with Crippen molar-refractivity contribution in [3.05, 3.63) is 64.1 Å². The maximum absolute atomic E-state index is 12.3. The molecule has 0 heterocycles. The summed E-state index contributed by atoms with van der Waals surface area (Å²) in [6.07, 6.45) is 0.824. The lowest BCUT2D eigenvalue weighted by Crippen LogP contribution is -2.40. The van der Waals surface area contributed by atoms with E-state index in [4.69, 9.17) is 0 Å². The molecule has 22 heavy (non-hydrogen) atoms. The minimum Gasteiger partial charge on any atom is -0.337 e. The smallest absolute Gasteiger partial charge is 0.321 e. The molecule has 0 unspecified atom stereocenters. The van der Waals surface area contributed by atoms with E-state index in [2.05, 4.69) is 33.4 Å². The van der Waals surface area contributed by atoms with Gasteiger partial charge in [0.25, 0.3) is 0 Å². The molecule has 0 aliphatic rings. The first-order chi connectivity index (χ1) is 10.6. The average Bonchev–Trinajstić information content (AvgIpc) is 2.50. The Balaban J connectivity index is 1.91. The van der Waals surface area contributed by atoms with Gasteiger partial charge in [0.1, 0.15) is 0 Å². The topological polar surface area (TPSA) is 32.3 Å². The van der Waals surface area contributed by atoms with Crippen molar-refractivity contribution in [2.24, 2.45) is 0 Å². The van der Waals surface area contributed by atoms with E-state index in [9.17, 15) is 4.79 Å². The van der Waals surface area contributed by atoms with Crippen LogP contribution in [-0.4, -0.2) is 19.1 Å². The van der Waals surface area contributed by atoms with Crippen molar-refractivity contribution >= 4 is 27.6 Å². The predicted octanol–water partition coefficient (Wildman–Crippen LogP) is 4.54. The number of halogens is 1. The van der Waals surface area contributed by atoms with Crippen LogP contribution >= 0.6 is 15.9 Å². The lowest BCUT2D eigenvalue weighted by Gasteiger charge is -2.22. The second-order valence-corrected chi connectivity index (χ2v) is 6.11. The summed E-state index contributed by atoms with van der Waals surface area (Å²) < 4.78 is 1.07. The zero-order valence-electron chi connectivity index (χ0n) is 13.0. The number of nitrogens with zero attached hydrogens (tertiary/aromatic N) is 1. The normalized spacial score (nSPS) is 10.3. The second-order valence-electron chi connectivity index (χ2n) is 5.19. The number of hydrogen-bond donors (Lipinski definition) is 1. The Morgan fingerprint density at radius 2 is 1.91 bits per heavy atom. The first-order valence-electron chi connectivity index (χ1n) is 7.46. The van der Waals surface area contributed by atoms with Crippen LogP contribution in [0.4, 0.5) is 10.5 Å². The lowest BCUT2D eigenvalue weighted by molar-refractivity contribution is 0.246. The highest BCUT2D eigenvalue weighted by Gasteiger charge is 2.13. The third kappa shape index (κ3) is 4.60. The van der Waals surface area contributed by atoms with Gasteiger partial charge in [-0.2, -0.15) is 0 Å². The van der Waals surface area contributed by atoms with Crippen molar-refractivity contribution in [3.8, 4) is 0 Å². The molecule has 0 bridgehead atoms. The molecule has 0 atom stereocenters. The van der Waals surface area contributed by atoms with E-state index < -0.39 is 0 Å². The molecule has 0 radical (unpaired) electrons. The minimum absolute atomic E-state index is 0.0507. The average molecular weight is 361 g/mol. The molecule has 116 valence electrons. The molecule has 1 N–H and O–H groups in total. The van der Waals surface area contributed by atoms with Crippen molar-refractivity contribution in [2.75, 3.05) is 18.0 Å². The Kier molecular flexibility index (Phi) is 6.01. The Hall–Kier alpha value is -1.81. The van der Waals surface area contributed by atoms with Crippen LogP contribution in [0, 0.1) is 6.92 Å². The van der Waals surface area contributed by atoms with Gasteiger partial charge in [0.05, 0.1) is 0 Å². The van der Waals surface area contributed by atoms with Crippen molar-refractivity contribution in [2.45, 2.75) is 20.3 Å². The summed E-state index contributed by atoms with van der Waals surface area (Å²) in [4.78, 5) is 14.1. The van der Waals surface area contributed by atoms with E-state index in [0.717, 1.165) is 22.1 Å². The number of hydrogen-bond acceptors (Lipinski definition) is 1. The van der Waals surface area contributed by atoms with Crippen LogP contribution in [0.15, 0.2) is 53.0 Å². The van der Waals surface area contributed by atoms with Crippen molar-refractivity contribution in [1.82, 2.24) is 5.32 Å². The van der Waals surface area contributed by atoms with E-state index in [1.807, 2.05) is 50.2 Å². The highest BCUT2D eigenvalue weighted by molar-refractivity contribution is 9.10. The molecule has 0 spiro atoms. The van der Waals surface area contributed by atoms with Crippen molar-refractivity contribution in [1.29, 1.82) is 0 Å². The molecular weight excluding hydrogens is 340 g/mol. The zero-order chi connectivity index (χ0) is 15.9. The maximum atomic E-state index is 12.3. The van der Waals surface area contributed by atoms with E-state index >= 15 is 0 Å². The molecule has 0 aromatic heterocycles. The Morgan fingerprint density at radius 1 is 1.18 bits per heavy atom. The van der Waals surface area contributed by atoms with Crippen molar-refractivity contribution < 1.29 is 4.79 Å². The van der Waals surface area contributed by atoms with Gasteiger partial charge in [-0.05, 0) is 55.7 Å². The number of amides is 2. The molecule has 0 aliphatic carbocycles. The standard InChI is InChI=1S/C18H21BrN2O/c1-3-21(17-6-4-5-14(2)13-17)18(22)20-12-11-15-7-9-16(19)10-8-15/h4-10,13H,3,11-12H2,1-2H3,(H,20,22). The largest absolute Gasteiger partial charge is 0.337 e. The quantitative estimate of drug-likeness (QED) is 0.833. The number of urea groups is 1. The van der Waals surface area contributed by atoms with Gasteiger partial charge in [-0.25, -0.2) is 4.79 Å². The van der Waals surface area contributed by atoms with Gasteiger partial charge in [-0.1, -0.05) is 40.2 Å². The fraction of sp³-hybridized carbons (Fsp3) is 0.278. The molecular formula is C18H21BrN2O. The lowest BCUT2D eigenvalue weighted by atomic mass is 10.1. The van der Waals surface area contributed by atoms with Gasteiger partial charge in [0.2, 0.25) is 0 Å². The van der Waals surface area contributed by atoms with E-state index in [1.165, 1.54) is 5.56 Å². The number of carbonyl (C=O) groups is 1. The van der Waals surface area contributed by atoms with Crippen LogP contribution in [0.1, 0.15) is 18.1 Å². The fourth-order valence-electron chi connectivity index (χ4n) is 2.30. The number of carbonyl (C=O) groups excluding carboxylic acids is 1. The Morgan fingerprint density at radius 3 is 2.55 bits per heavy atom. The molecule has 2 aromatic carbocycles. The summed E-state index contributed by atoms with van der Waals surface area (Å²) in [5, 5.41) is 2.99. The van der Waals surface area contributed by atoms with Crippen LogP contribution in [-0.2, 0) is 6.42 Å². The molecule has 2 rings (SSSR count). The van der Waals surface area contributed by atoms with Crippen LogP contribution in [0.25, 0.3) is 0 Å². The molecule has 0 fully saturated rings. The molecule has 0 saturated heterocycles. The highest BCUT2D eigenvalue weighted by atomic mass is 79.9. The van der Waals surface area contributed by atoms with E-state index in [1.54, 1.807) is 4.90 Å². The highest BCUT2D eigenvalue weighted by Crippen LogP contribution is 2.16. The minimum atomic E-state index is -0.0507. The number of aryl methyl sites for hydroxylation is 1. The Bertz CT molecular complexity index is 625. The summed E-state index contributed by atoms with van der Waals surface area (Å²) in [5.41, 5.74) is 3.30. The van der Waals surface area contributed by atoms with Gasteiger partial charge >= 0.3 is 6.03 Å². The van der Waals surface area contributed by atoms with Crippen molar-refractivity contribution in [3.63, 3.8) is 0 Å². The molecule has 4 heteroatoms. The molecule has 0 aliphatic heterocycles. The third-order valence-electron chi connectivity index (χ3n) is 3.48. The molecule has 3 nitrogen and oxygen atoms in total. The number of benzene rings is 2. The van der Waals surface area contributed by atoms with Gasteiger partial charge in [-0.15, -0.1) is 0 Å². The molecule has 2 aromatic rings. The number of nitrogens with one attached hydrogen (secondary N) is 1. The second kappa shape index (κ2) is 7.99. The fourth-order valence-corrected chi connectivity index (χ4v) is 2.56. The predicted molar refractivity (Wildman–Crippen MR) is 95.4 cm³/mol. The SMILES string of the molecule is CCN(C(=O)NCCc1ccc(Br)cc1)c1cccc(C)c1. The molecule has 2 amide bonds. The van der Waals surface area contributed by atoms with Gasteiger partial charge in [-0.3, -0.25) is 4.90 Å². The summed E-state index contributed by atoms with van der Waals surface area (Å²) >= 11 is 3.42. The van der Waals surface area contributed by atoms with E-state index in [0.29, 0.717) is 13.1 Å². The maximum Gasteiger partial charge on any atom is 0.321 e. The summed E-state index contributed by atoms with van der Waals surface area (Å²) in [6, 6.07) is 16.1. The zero-order valence-corrected chi connectivity index (χ0v) is 14.6. The van der Waals surface area contributed by atoms with Crippen LogP contribution in [0.5, 0.6) is 0 Å². The van der Waals surface area contributed by atoms with Gasteiger partial charge in [0.15, 0.2) is 0 Å². The summed E-state index contributed by atoms with van der Waals surface area (Å²) in [6.45, 7) is 5.29. The molecule has 0 saturated carbocycles. The number of anilines is 1. The summed E-state index contributed by atoms with van der Waals surface area (Å²) in [5.74, 6) is 0. The first kappa shape index (κ1) is 16.6. The monoisotopic (exact) mass is 360 g/mol.